The van der Waals surface area contributed by atoms with Crippen molar-refractivity contribution in [3.63, 3.8) is 0 Å². The Morgan fingerprint density at radius 3 is 1.07 bits per heavy atom. The van der Waals surface area contributed by atoms with Gasteiger partial charge in [-0.1, -0.05) is 0 Å². The van der Waals surface area contributed by atoms with Crippen molar-refractivity contribution in [3.8, 4) is 0 Å². The quantitative estimate of drug-likeness (QED) is 0.0833. The summed E-state index contributed by atoms with van der Waals surface area (Å²) < 4.78 is 54.9. The predicted molar refractivity (Wildman–Crippen MR) is 106 cm³/mol. The van der Waals surface area contributed by atoms with Crippen LogP contribution in [0.1, 0.15) is 27.7 Å². The van der Waals surface area contributed by atoms with Crippen LogP contribution in [-0.4, -0.2) is 81.5 Å². The van der Waals surface area contributed by atoms with Gasteiger partial charge in [-0.25, -0.2) is 9.98 Å². The lowest BCUT2D eigenvalue weighted by Crippen LogP contribution is -2.27. The Morgan fingerprint density at radius 1 is 0.724 bits per heavy atom. The lowest BCUT2D eigenvalue weighted by Gasteiger charge is -2.14. The number of aliphatic imine (C=N–C) groups is 2. The van der Waals surface area contributed by atoms with E-state index in [1.165, 1.54) is 0 Å². The predicted octanol–water partition coefficient (Wildman–Crippen LogP) is -2.02. The smallest absolute Gasteiger partial charge is 0.186 e. The minimum atomic E-state index is -5.17. The van der Waals surface area contributed by atoms with Gasteiger partial charge < -0.3 is 51.0 Å². The van der Waals surface area contributed by atoms with Gasteiger partial charge in [0, 0.05) is 36.8 Å². The van der Waals surface area contributed by atoms with Crippen LogP contribution in [0.5, 0.6) is 0 Å². The summed E-state index contributed by atoms with van der Waals surface area (Å²) >= 11 is 0. The highest BCUT2D eigenvalue weighted by Gasteiger charge is 2.06. The number of nitrogens with zero attached hydrogens (tertiary/aromatic N) is 2. The topological polar surface area (TPSA) is 246 Å². The highest BCUT2D eigenvalue weighted by atomic mass is 32.3. The van der Waals surface area contributed by atoms with Crippen LogP contribution in [0.15, 0.2) is 9.98 Å². The molecule has 0 aromatic rings. The van der Waals surface area contributed by atoms with Gasteiger partial charge in [0.15, 0.2) is 24.5 Å². The van der Waals surface area contributed by atoms with Crippen molar-refractivity contribution in [1.29, 1.82) is 0 Å². The van der Waals surface area contributed by atoms with Crippen LogP contribution in [0.4, 0.5) is 0 Å². The van der Waals surface area contributed by atoms with E-state index < -0.39 is 10.4 Å². The number of ether oxygens (including phenoxy) is 4. The van der Waals surface area contributed by atoms with Crippen molar-refractivity contribution in [1.82, 2.24) is 0 Å². The maximum absolute atomic E-state index is 8.52. The fourth-order valence-electron chi connectivity index (χ4n) is 1.41. The Balaban J connectivity index is -0.000000380. The summed E-state index contributed by atoms with van der Waals surface area (Å²) in [5, 5.41) is 0. The zero-order chi connectivity index (χ0) is 23.3. The zero-order valence-corrected chi connectivity index (χ0v) is 18.1. The molecule has 176 valence electrons. The first-order valence-corrected chi connectivity index (χ1v) is 9.98. The molecule has 8 N–H and O–H groups in total. The van der Waals surface area contributed by atoms with Crippen LogP contribution in [0.3, 0.4) is 0 Å². The molecule has 0 heterocycles. The van der Waals surface area contributed by atoms with Gasteiger partial charge >= 0.3 is 0 Å². The standard InChI is InChI=1S/2C7H17N3O2.H2O4S/c2*1-3-11-6(12-4-2)5-10-7(8)9;1-5(2,3)4/h2*6H,3-5H2,1-2H3,(H4,8,9,10);(H2,1,2,3,4)/p-2. The average Bonchev–Trinajstić information content (AvgIpc) is 2.57. The number of hydrogen-bond donors (Lipinski definition) is 4. The molecule has 0 atom stereocenters. The molecular weight excluding hydrogens is 412 g/mol. The van der Waals surface area contributed by atoms with E-state index >= 15 is 0 Å². The monoisotopic (exact) mass is 446 g/mol. The third kappa shape index (κ3) is 37.6. The summed E-state index contributed by atoms with van der Waals surface area (Å²) in [5.41, 5.74) is 20.6. The minimum absolute atomic E-state index is 0.0550. The molecule has 0 aromatic carbocycles. The maximum atomic E-state index is 8.52. The number of rotatable bonds is 12. The van der Waals surface area contributed by atoms with Gasteiger partial charge in [-0.3, -0.25) is 8.42 Å². The van der Waals surface area contributed by atoms with Crippen LogP contribution in [0.2, 0.25) is 0 Å². The summed E-state index contributed by atoms with van der Waals surface area (Å²) in [6.07, 6.45) is -0.663. The molecule has 0 bridgehead atoms. The Bertz CT molecular complexity index is 472. The second kappa shape index (κ2) is 21.0. The summed E-state index contributed by atoms with van der Waals surface area (Å²) in [4.78, 5) is 7.57. The van der Waals surface area contributed by atoms with Crippen molar-refractivity contribution in [2.75, 3.05) is 39.5 Å². The first-order chi connectivity index (χ1) is 13.4. The van der Waals surface area contributed by atoms with Gasteiger partial charge in [0.2, 0.25) is 0 Å². The van der Waals surface area contributed by atoms with E-state index in [1.54, 1.807) is 0 Å². The highest BCUT2D eigenvalue weighted by Crippen LogP contribution is 1.95. The number of hydrogen-bond acceptors (Lipinski definition) is 10. The van der Waals surface area contributed by atoms with Crippen LogP contribution < -0.4 is 22.9 Å². The summed E-state index contributed by atoms with van der Waals surface area (Å²) in [6.45, 7) is 10.6. The summed E-state index contributed by atoms with van der Waals surface area (Å²) in [7, 11) is -5.17. The Kier molecular flexibility index (Phi) is 23.1. The van der Waals surface area contributed by atoms with Crippen molar-refractivity contribution in [2.45, 2.75) is 40.3 Å². The van der Waals surface area contributed by atoms with E-state index in [0.29, 0.717) is 39.5 Å². The van der Waals surface area contributed by atoms with Gasteiger partial charge in [0.05, 0.1) is 13.1 Å². The third-order valence-corrected chi connectivity index (χ3v) is 2.26. The van der Waals surface area contributed by atoms with Gasteiger partial charge in [-0.15, -0.1) is 0 Å². The van der Waals surface area contributed by atoms with E-state index in [4.69, 9.17) is 59.4 Å². The highest BCUT2D eigenvalue weighted by molar-refractivity contribution is 7.79. The van der Waals surface area contributed by atoms with Crippen molar-refractivity contribution >= 4 is 22.3 Å². The molecule has 0 aromatic heterocycles. The fraction of sp³-hybridized carbons (Fsp3) is 0.857. The Morgan fingerprint density at radius 2 is 0.931 bits per heavy atom. The van der Waals surface area contributed by atoms with Crippen molar-refractivity contribution < 1.29 is 36.5 Å². The van der Waals surface area contributed by atoms with Crippen molar-refractivity contribution in [3.05, 3.63) is 0 Å². The molecule has 0 aliphatic carbocycles. The second-order valence-corrected chi connectivity index (χ2v) is 5.44. The number of guanidine groups is 2. The van der Waals surface area contributed by atoms with Crippen molar-refractivity contribution in [2.24, 2.45) is 32.9 Å². The van der Waals surface area contributed by atoms with Crippen LogP contribution in [0, 0.1) is 0 Å². The first kappa shape index (κ1) is 31.9. The third-order valence-electron chi connectivity index (χ3n) is 2.26. The molecule has 0 amide bonds. The van der Waals surface area contributed by atoms with E-state index in [1.807, 2.05) is 27.7 Å². The number of nitrogens with two attached hydrogens (primary N) is 4. The van der Waals surface area contributed by atoms with Crippen LogP contribution >= 0.6 is 0 Å². The average molecular weight is 447 g/mol. The SMILES string of the molecule is CCOC(CN=C(N)N)OCC.CCOC(CN=C(N)N)OCC.O=S(=O)([O-])[O-]. The first-order valence-electron chi connectivity index (χ1n) is 8.64. The van der Waals surface area contributed by atoms with E-state index in [-0.39, 0.29) is 24.5 Å². The lowest BCUT2D eigenvalue weighted by molar-refractivity contribution is -0.128. The lowest BCUT2D eigenvalue weighted by atomic mass is 10.6. The zero-order valence-electron chi connectivity index (χ0n) is 17.3. The molecular formula is C14H34N6O8S-2. The minimum Gasteiger partial charge on any atom is -0.759 e. The van der Waals surface area contributed by atoms with E-state index in [2.05, 4.69) is 9.98 Å². The molecule has 0 aliphatic heterocycles. The molecule has 0 saturated carbocycles. The Labute approximate surface area is 172 Å². The van der Waals surface area contributed by atoms with E-state index in [9.17, 15) is 0 Å². The van der Waals surface area contributed by atoms with Gasteiger partial charge in [-0.05, 0) is 27.7 Å². The molecule has 0 fully saturated rings. The molecule has 14 nitrogen and oxygen atoms in total. The molecule has 0 aliphatic rings. The van der Waals surface area contributed by atoms with Gasteiger partial charge in [0.25, 0.3) is 0 Å². The van der Waals surface area contributed by atoms with Crippen LogP contribution in [-0.2, 0) is 29.3 Å². The molecule has 0 rings (SSSR count). The second-order valence-electron chi connectivity index (χ2n) is 4.62. The molecule has 15 heteroatoms. The summed E-state index contributed by atoms with van der Waals surface area (Å²) in [6, 6.07) is 0. The molecule has 0 unspecified atom stereocenters. The molecule has 0 radical (unpaired) electrons. The summed E-state index contributed by atoms with van der Waals surface area (Å²) in [5.74, 6) is 0.110. The van der Waals surface area contributed by atoms with E-state index in [0.717, 1.165) is 0 Å². The van der Waals surface area contributed by atoms with Gasteiger partial charge in [-0.2, -0.15) is 0 Å². The van der Waals surface area contributed by atoms with Gasteiger partial charge in [0.1, 0.15) is 0 Å². The molecule has 0 saturated heterocycles. The molecule has 29 heavy (non-hydrogen) atoms. The maximum Gasteiger partial charge on any atom is 0.186 e. The fourth-order valence-corrected chi connectivity index (χ4v) is 1.41. The van der Waals surface area contributed by atoms with Crippen LogP contribution in [0.25, 0.3) is 0 Å². The normalized spacial score (nSPS) is 10.5. The largest absolute Gasteiger partial charge is 0.759 e. The Hall–Kier alpha value is -1.75. The molecule has 0 spiro atoms.